The Labute approximate surface area is 75.7 Å². The van der Waals surface area contributed by atoms with Gasteiger partial charge in [0.15, 0.2) is 0 Å². The molecule has 2 heterocycles. The lowest BCUT2D eigenvalue weighted by atomic mass is 10.2. The summed E-state index contributed by atoms with van der Waals surface area (Å²) >= 11 is 0. The van der Waals surface area contributed by atoms with Crippen molar-refractivity contribution < 1.29 is 9.53 Å². The summed E-state index contributed by atoms with van der Waals surface area (Å²) in [7, 11) is 0. The molecular weight excluding hydrogens is 170 g/mol. The molecule has 1 saturated heterocycles. The molecule has 70 valence electrons. The van der Waals surface area contributed by atoms with Crippen molar-refractivity contribution in [2.24, 2.45) is 0 Å². The molecule has 0 bridgehead atoms. The maximum Gasteiger partial charge on any atom is 0.407 e. The molecule has 0 aromatic carbocycles. The fraction of sp³-hybridized carbons (Fsp3) is 0.500. The number of hydrogen-bond acceptors (Lipinski definition) is 3. The topological polar surface area (TPSA) is 56.1 Å². The van der Waals surface area contributed by atoms with Crippen LogP contribution in [0.4, 0.5) is 4.79 Å². The molecule has 1 N–H and O–H groups in total. The van der Waals surface area contributed by atoms with Gasteiger partial charge in [-0.05, 0) is 6.92 Å². The van der Waals surface area contributed by atoms with Gasteiger partial charge in [0.1, 0.15) is 6.61 Å². The van der Waals surface area contributed by atoms with Crippen LogP contribution in [-0.2, 0) is 11.3 Å². The largest absolute Gasteiger partial charge is 0.447 e. The molecule has 2 rings (SSSR count). The smallest absolute Gasteiger partial charge is 0.407 e. The standard InChI is InChI=1S/C8H11N3O2/c1-2-11-4-6(3-9-11)7-5-13-8(12)10-7/h3-4,7H,2,5H2,1H3,(H,10,12). The molecule has 1 aromatic rings. The summed E-state index contributed by atoms with van der Waals surface area (Å²) in [5, 5.41) is 6.81. The lowest BCUT2D eigenvalue weighted by Gasteiger charge is -2.01. The fourth-order valence-corrected chi connectivity index (χ4v) is 1.30. The van der Waals surface area contributed by atoms with Crippen LogP contribution >= 0.6 is 0 Å². The van der Waals surface area contributed by atoms with E-state index in [-0.39, 0.29) is 12.1 Å². The molecule has 0 radical (unpaired) electrons. The van der Waals surface area contributed by atoms with Crippen LogP contribution < -0.4 is 5.32 Å². The van der Waals surface area contributed by atoms with E-state index in [2.05, 4.69) is 10.4 Å². The molecule has 5 heteroatoms. The van der Waals surface area contributed by atoms with E-state index in [4.69, 9.17) is 4.74 Å². The number of alkyl carbamates (subject to hydrolysis) is 1. The molecule has 0 aliphatic carbocycles. The Bertz CT molecular complexity index is 321. The zero-order valence-corrected chi connectivity index (χ0v) is 7.36. The lowest BCUT2D eigenvalue weighted by Crippen LogP contribution is -2.17. The first-order valence-electron chi connectivity index (χ1n) is 4.25. The SMILES string of the molecule is CCn1cc(C2COC(=O)N2)cn1. The molecule has 1 aromatic heterocycles. The Morgan fingerprint density at radius 1 is 1.85 bits per heavy atom. The van der Waals surface area contributed by atoms with Crippen molar-refractivity contribution >= 4 is 6.09 Å². The molecule has 13 heavy (non-hydrogen) atoms. The van der Waals surface area contributed by atoms with Crippen LogP contribution in [0.25, 0.3) is 0 Å². The van der Waals surface area contributed by atoms with Crippen LogP contribution in [0.2, 0.25) is 0 Å². The summed E-state index contributed by atoms with van der Waals surface area (Å²) in [6.45, 7) is 3.25. The highest BCUT2D eigenvalue weighted by molar-refractivity contribution is 5.69. The van der Waals surface area contributed by atoms with E-state index in [1.165, 1.54) is 0 Å². The summed E-state index contributed by atoms with van der Waals surface area (Å²) in [5.74, 6) is 0. The first-order valence-corrected chi connectivity index (χ1v) is 4.25. The van der Waals surface area contributed by atoms with Gasteiger partial charge in [0.2, 0.25) is 0 Å². The maximum atomic E-state index is 10.7. The second kappa shape index (κ2) is 3.08. The average molecular weight is 181 g/mol. The van der Waals surface area contributed by atoms with E-state index in [1.807, 2.05) is 17.8 Å². The maximum absolute atomic E-state index is 10.7. The van der Waals surface area contributed by atoms with Crippen LogP contribution in [0.15, 0.2) is 12.4 Å². The van der Waals surface area contributed by atoms with E-state index in [1.54, 1.807) is 6.20 Å². The van der Waals surface area contributed by atoms with Gasteiger partial charge in [-0.1, -0.05) is 0 Å². The summed E-state index contributed by atoms with van der Waals surface area (Å²) < 4.78 is 6.59. The third kappa shape index (κ3) is 1.49. The molecule has 0 spiro atoms. The van der Waals surface area contributed by atoms with Crippen LogP contribution in [0.3, 0.4) is 0 Å². The summed E-state index contributed by atoms with van der Waals surface area (Å²) in [5.41, 5.74) is 0.993. The van der Waals surface area contributed by atoms with Gasteiger partial charge in [0.05, 0.1) is 12.2 Å². The van der Waals surface area contributed by atoms with Crippen molar-refractivity contribution in [3.05, 3.63) is 18.0 Å². The second-order valence-electron chi connectivity index (χ2n) is 2.92. The molecule has 0 saturated carbocycles. The Morgan fingerprint density at radius 2 is 2.69 bits per heavy atom. The number of rotatable bonds is 2. The number of aryl methyl sites for hydroxylation is 1. The quantitative estimate of drug-likeness (QED) is 0.730. The Kier molecular flexibility index (Phi) is 1.92. The Hall–Kier alpha value is -1.52. The number of amides is 1. The van der Waals surface area contributed by atoms with E-state index in [0.29, 0.717) is 6.61 Å². The number of carbonyl (C=O) groups is 1. The number of carbonyl (C=O) groups excluding carboxylic acids is 1. The number of ether oxygens (including phenoxy) is 1. The van der Waals surface area contributed by atoms with Gasteiger partial charge >= 0.3 is 6.09 Å². The highest BCUT2D eigenvalue weighted by Crippen LogP contribution is 2.16. The van der Waals surface area contributed by atoms with Crippen LogP contribution in [-0.4, -0.2) is 22.5 Å². The van der Waals surface area contributed by atoms with Gasteiger partial charge in [0.25, 0.3) is 0 Å². The predicted molar refractivity (Wildman–Crippen MR) is 45.1 cm³/mol. The lowest BCUT2D eigenvalue weighted by molar-refractivity contribution is 0.177. The first-order chi connectivity index (χ1) is 6.29. The van der Waals surface area contributed by atoms with E-state index in [9.17, 15) is 4.79 Å². The molecule has 1 aliphatic rings. The molecule has 1 aliphatic heterocycles. The predicted octanol–water partition coefficient (Wildman–Crippen LogP) is 0.684. The van der Waals surface area contributed by atoms with Gasteiger partial charge in [0, 0.05) is 18.3 Å². The van der Waals surface area contributed by atoms with E-state index >= 15 is 0 Å². The van der Waals surface area contributed by atoms with Gasteiger partial charge in [-0.3, -0.25) is 4.68 Å². The molecule has 1 atom stereocenters. The van der Waals surface area contributed by atoms with E-state index in [0.717, 1.165) is 12.1 Å². The molecule has 1 fully saturated rings. The molecular formula is C8H11N3O2. The highest BCUT2D eigenvalue weighted by Gasteiger charge is 2.24. The van der Waals surface area contributed by atoms with Crippen molar-refractivity contribution in [3.63, 3.8) is 0 Å². The number of cyclic esters (lactones) is 1. The first kappa shape index (κ1) is 8.10. The zero-order chi connectivity index (χ0) is 9.26. The fourth-order valence-electron chi connectivity index (χ4n) is 1.30. The van der Waals surface area contributed by atoms with Gasteiger partial charge in [-0.15, -0.1) is 0 Å². The zero-order valence-electron chi connectivity index (χ0n) is 7.36. The number of nitrogens with one attached hydrogen (secondary N) is 1. The average Bonchev–Trinajstić information content (AvgIpc) is 2.71. The monoisotopic (exact) mass is 181 g/mol. The van der Waals surface area contributed by atoms with Gasteiger partial charge in [-0.25, -0.2) is 4.79 Å². The van der Waals surface area contributed by atoms with Crippen molar-refractivity contribution in [1.82, 2.24) is 15.1 Å². The third-order valence-electron chi connectivity index (χ3n) is 2.05. The van der Waals surface area contributed by atoms with Crippen molar-refractivity contribution in [3.8, 4) is 0 Å². The van der Waals surface area contributed by atoms with Gasteiger partial charge in [-0.2, -0.15) is 5.10 Å². The molecule has 1 amide bonds. The second-order valence-corrected chi connectivity index (χ2v) is 2.92. The normalized spacial score (nSPS) is 21.3. The summed E-state index contributed by atoms with van der Waals surface area (Å²) in [6.07, 6.45) is 3.32. The number of hydrogen-bond donors (Lipinski definition) is 1. The van der Waals surface area contributed by atoms with E-state index < -0.39 is 0 Å². The van der Waals surface area contributed by atoms with Crippen molar-refractivity contribution in [2.45, 2.75) is 19.5 Å². The van der Waals surface area contributed by atoms with Crippen molar-refractivity contribution in [2.75, 3.05) is 6.61 Å². The minimum absolute atomic E-state index is 0.0344. The van der Waals surface area contributed by atoms with Crippen LogP contribution in [0.1, 0.15) is 18.5 Å². The summed E-state index contributed by atoms with van der Waals surface area (Å²) in [4.78, 5) is 10.7. The number of aromatic nitrogens is 2. The highest BCUT2D eigenvalue weighted by atomic mass is 16.6. The third-order valence-corrected chi connectivity index (χ3v) is 2.05. The Morgan fingerprint density at radius 3 is 3.23 bits per heavy atom. The van der Waals surface area contributed by atoms with Crippen molar-refractivity contribution in [1.29, 1.82) is 0 Å². The van der Waals surface area contributed by atoms with Gasteiger partial charge < -0.3 is 10.1 Å². The van der Waals surface area contributed by atoms with Crippen LogP contribution in [0.5, 0.6) is 0 Å². The molecule has 1 unspecified atom stereocenters. The van der Waals surface area contributed by atoms with Crippen LogP contribution in [0, 0.1) is 0 Å². The summed E-state index contributed by atoms with van der Waals surface area (Å²) in [6, 6.07) is -0.0344. The minimum atomic E-state index is -0.353. The molecule has 5 nitrogen and oxygen atoms in total. The Balaban J connectivity index is 2.12. The number of nitrogens with zero attached hydrogens (tertiary/aromatic N) is 2. The minimum Gasteiger partial charge on any atom is -0.447 e.